The van der Waals surface area contributed by atoms with Gasteiger partial charge < -0.3 is 5.73 Å². The van der Waals surface area contributed by atoms with Gasteiger partial charge in [0.2, 0.25) is 0 Å². The zero-order valence-electron chi connectivity index (χ0n) is 6.73. The molecule has 6 heteroatoms. The summed E-state index contributed by atoms with van der Waals surface area (Å²) in [6.45, 7) is 0. The minimum atomic E-state index is -4.61. The lowest BCUT2D eigenvalue weighted by Crippen LogP contribution is -2.08. The summed E-state index contributed by atoms with van der Waals surface area (Å²) >= 11 is 5.35. The zero-order valence-corrected chi connectivity index (χ0v) is 7.49. The molecule has 1 rings (SSSR count). The number of anilines is 1. The van der Waals surface area contributed by atoms with Crippen LogP contribution in [0.1, 0.15) is 15.9 Å². The maximum atomic E-state index is 12.3. The molecular formula is C8H5ClF3NO. The van der Waals surface area contributed by atoms with Crippen LogP contribution in [0.3, 0.4) is 0 Å². The average molecular weight is 224 g/mol. The molecule has 0 radical (unpaired) electrons. The quantitative estimate of drug-likeness (QED) is 0.588. The van der Waals surface area contributed by atoms with Crippen LogP contribution in [-0.2, 0) is 6.18 Å². The van der Waals surface area contributed by atoms with Gasteiger partial charge in [-0.15, -0.1) is 0 Å². The Morgan fingerprint density at radius 3 is 2.36 bits per heavy atom. The average Bonchev–Trinajstić information content (AvgIpc) is 2.07. The zero-order chi connectivity index (χ0) is 10.9. The van der Waals surface area contributed by atoms with Gasteiger partial charge in [0.05, 0.1) is 16.3 Å². The fourth-order valence-electron chi connectivity index (χ4n) is 0.944. The third-order valence-electron chi connectivity index (χ3n) is 1.56. The number of carbonyl (C=O) groups excluding carboxylic acids is 1. The number of rotatable bonds is 1. The molecule has 0 aliphatic rings. The number of carbonyl (C=O) groups is 1. The Hall–Kier alpha value is -1.23. The van der Waals surface area contributed by atoms with Gasteiger partial charge in [-0.25, -0.2) is 0 Å². The molecule has 0 amide bonds. The van der Waals surface area contributed by atoms with Gasteiger partial charge in [-0.05, 0) is 12.1 Å². The minimum absolute atomic E-state index is 0.153. The van der Waals surface area contributed by atoms with Gasteiger partial charge in [0, 0.05) is 5.56 Å². The predicted molar refractivity (Wildman–Crippen MR) is 46.3 cm³/mol. The largest absolute Gasteiger partial charge is 0.417 e. The van der Waals surface area contributed by atoms with E-state index in [0.717, 1.165) is 6.07 Å². The van der Waals surface area contributed by atoms with Crippen molar-refractivity contribution in [3.05, 3.63) is 28.3 Å². The van der Waals surface area contributed by atoms with E-state index in [1.165, 1.54) is 0 Å². The van der Waals surface area contributed by atoms with E-state index in [2.05, 4.69) is 0 Å². The van der Waals surface area contributed by atoms with Crippen LogP contribution < -0.4 is 5.73 Å². The van der Waals surface area contributed by atoms with E-state index < -0.39 is 16.8 Å². The first-order chi connectivity index (χ1) is 6.36. The standard InChI is InChI=1S/C8H5ClF3NO/c9-7-5(8(10,11)12)1-4(3-14)2-6(7)13/h1-3H,13H2. The fourth-order valence-corrected chi connectivity index (χ4v) is 1.16. The molecule has 1 aromatic carbocycles. The summed E-state index contributed by atoms with van der Waals surface area (Å²) in [6, 6.07) is 1.75. The van der Waals surface area contributed by atoms with E-state index in [4.69, 9.17) is 17.3 Å². The third-order valence-corrected chi connectivity index (χ3v) is 1.99. The highest BCUT2D eigenvalue weighted by Crippen LogP contribution is 2.37. The molecule has 1 aromatic rings. The van der Waals surface area contributed by atoms with Crippen molar-refractivity contribution in [3.8, 4) is 0 Å². The molecule has 0 heterocycles. The Kier molecular flexibility index (Phi) is 2.71. The van der Waals surface area contributed by atoms with Gasteiger partial charge in [-0.3, -0.25) is 4.79 Å². The van der Waals surface area contributed by atoms with Crippen LogP contribution in [0.25, 0.3) is 0 Å². The number of nitrogen functional groups attached to an aromatic ring is 1. The molecule has 0 saturated carbocycles. The molecule has 2 nitrogen and oxygen atoms in total. The van der Waals surface area contributed by atoms with Crippen LogP contribution in [0.4, 0.5) is 18.9 Å². The van der Waals surface area contributed by atoms with E-state index in [-0.39, 0.29) is 17.5 Å². The summed E-state index contributed by atoms with van der Waals surface area (Å²) in [5.41, 5.74) is 3.69. The lowest BCUT2D eigenvalue weighted by atomic mass is 10.1. The SMILES string of the molecule is Nc1cc(C=O)cc(C(F)(F)F)c1Cl. The normalized spacial score (nSPS) is 11.4. The van der Waals surface area contributed by atoms with E-state index in [1.807, 2.05) is 0 Å². The van der Waals surface area contributed by atoms with Gasteiger partial charge in [-0.2, -0.15) is 13.2 Å². The number of halogens is 4. The lowest BCUT2D eigenvalue weighted by molar-refractivity contribution is -0.137. The van der Waals surface area contributed by atoms with Crippen molar-refractivity contribution >= 4 is 23.6 Å². The Balaban J connectivity index is 3.42. The topological polar surface area (TPSA) is 43.1 Å². The van der Waals surface area contributed by atoms with Crippen LogP contribution in [0, 0.1) is 0 Å². The Morgan fingerprint density at radius 2 is 1.93 bits per heavy atom. The summed E-state index contributed by atoms with van der Waals surface area (Å²) in [5, 5.41) is -0.580. The van der Waals surface area contributed by atoms with Crippen LogP contribution >= 0.6 is 11.6 Å². The molecular weight excluding hydrogens is 219 g/mol. The Labute approximate surface area is 82.5 Å². The number of aldehydes is 1. The molecule has 0 unspecified atom stereocenters. The van der Waals surface area contributed by atoms with Crippen molar-refractivity contribution in [1.82, 2.24) is 0 Å². The highest BCUT2D eigenvalue weighted by atomic mass is 35.5. The van der Waals surface area contributed by atoms with Crippen LogP contribution in [-0.4, -0.2) is 6.29 Å². The monoisotopic (exact) mass is 223 g/mol. The smallest absolute Gasteiger partial charge is 0.397 e. The van der Waals surface area contributed by atoms with Crippen LogP contribution in [0.5, 0.6) is 0 Å². The summed E-state index contributed by atoms with van der Waals surface area (Å²) < 4.78 is 36.9. The molecule has 0 fully saturated rings. The van der Waals surface area contributed by atoms with Crippen molar-refractivity contribution in [2.45, 2.75) is 6.18 Å². The Bertz CT molecular complexity index is 376. The molecule has 14 heavy (non-hydrogen) atoms. The van der Waals surface area contributed by atoms with Crippen molar-refractivity contribution in [2.75, 3.05) is 5.73 Å². The molecule has 0 aromatic heterocycles. The van der Waals surface area contributed by atoms with Gasteiger partial charge in [0.1, 0.15) is 6.29 Å². The highest BCUT2D eigenvalue weighted by Gasteiger charge is 2.34. The van der Waals surface area contributed by atoms with E-state index in [1.54, 1.807) is 0 Å². The minimum Gasteiger partial charge on any atom is -0.397 e. The summed E-state index contributed by atoms with van der Waals surface area (Å²) in [4.78, 5) is 10.3. The molecule has 0 bridgehead atoms. The first kappa shape index (κ1) is 10.8. The first-order valence-corrected chi connectivity index (χ1v) is 3.85. The molecule has 0 atom stereocenters. The highest BCUT2D eigenvalue weighted by molar-refractivity contribution is 6.34. The molecule has 0 aliphatic carbocycles. The number of nitrogens with two attached hydrogens (primary N) is 1. The maximum absolute atomic E-state index is 12.3. The first-order valence-electron chi connectivity index (χ1n) is 3.47. The van der Waals surface area contributed by atoms with E-state index >= 15 is 0 Å². The molecule has 0 spiro atoms. The second-order valence-corrected chi connectivity index (χ2v) is 2.97. The van der Waals surface area contributed by atoms with Gasteiger partial charge >= 0.3 is 6.18 Å². The predicted octanol–water partition coefficient (Wildman–Crippen LogP) is 2.75. The van der Waals surface area contributed by atoms with Gasteiger partial charge in [0.15, 0.2) is 0 Å². The van der Waals surface area contributed by atoms with E-state index in [0.29, 0.717) is 6.07 Å². The van der Waals surface area contributed by atoms with Gasteiger partial charge in [0.25, 0.3) is 0 Å². The number of benzene rings is 1. The van der Waals surface area contributed by atoms with Crippen LogP contribution in [0.15, 0.2) is 12.1 Å². The summed E-state index contributed by atoms with van der Waals surface area (Å²) in [5.74, 6) is 0. The van der Waals surface area contributed by atoms with Crippen molar-refractivity contribution < 1.29 is 18.0 Å². The van der Waals surface area contributed by atoms with Crippen LogP contribution in [0.2, 0.25) is 5.02 Å². The summed E-state index contributed by atoms with van der Waals surface area (Å²) in [7, 11) is 0. The number of hydrogen-bond acceptors (Lipinski definition) is 2. The van der Waals surface area contributed by atoms with Gasteiger partial charge in [-0.1, -0.05) is 11.6 Å². The number of hydrogen-bond donors (Lipinski definition) is 1. The summed E-state index contributed by atoms with van der Waals surface area (Å²) in [6.07, 6.45) is -4.33. The van der Waals surface area contributed by atoms with Crippen molar-refractivity contribution in [3.63, 3.8) is 0 Å². The second-order valence-electron chi connectivity index (χ2n) is 2.59. The third kappa shape index (κ3) is 1.98. The lowest BCUT2D eigenvalue weighted by Gasteiger charge is -2.10. The Morgan fingerprint density at radius 1 is 1.36 bits per heavy atom. The van der Waals surface area contributed by atoms with Crippen molar-refractivity contribution in [2.24, 2.45) is 0 Å². The molecule has 2 N–H and O–H groups in total. The van der Waals surface area contributed by atoms with Crippen molar-refractivity contribution in [1.29, 1.82) is 0 Å². The number of alkyl halides is 3. The second kappa shape index (κ2) is 3.49. The molecule has 0 saturated heterocycles. The fraction of sp³-hybridized carbons (Fsp3) is 0.125. The maximum Gasteiger partial charge on any atom is 0.417 e. The molecule has 76 valence electrons. The molecule has 0 aliphatic heterocycles. The van der Waals surface area contributed by atoms with E-state index in [9.17, 15) is 18.0 Å².